The zero-order chi connectivity index (χ0) is 14.5. The van der Waals surface area contributed by atoms with Crippen LogP contribution in [0, 0.1) is 6.92 Å². The number of benzene rings is 2. The molecule has 1 aliphatic rings. The van der Waals surface area contributed by atoms with Gasteiger partial charge in [-0.15, -0.1) is 0 Å². The molecule has 3 rings (SSSR count). The highest BCUT2D eigenvalue weighted by Gasteiger charge is 2.22. The maximum absolute atomic E-state index is 6.48. The van der Waals surface area contributed by atoms with E-state index >= 15 is 0 Å². The van der Waals surface area contributed by atoms with Crippen molar-refractivity contribution in [2.45, 2.75) is 32.0 Å². The van der Waals surface area contributed by atoms with Gasteiger partial charge >= 0.3 is 0 Å². The van der Waals surface area contributed by atoms with Crippen LogP contribution < -0.4 is 5.32 Å². The fourth-order valence-electron chi connectivity index (χ4n) is 2.97. The molecule has 21 heavy (non-hydrogen) atoms. The van der Waals surface area contributed by atoms with Crippen LogP contribution in [0.15, 0.2) is 54.6 Å². The zero-order valence-corrected chi connectivity index (χ0v) is 12.6. The molecule has 110 valence electrons. The van der Waals surface area contributed by atoms with Crippen molar-refractivity contribution in [1.82, 2.24) is 5.32 Å². The molecule has 1 fully saturated rings. The lowest BCUT2D eigenvalue weighted by atomic mass is 9.97. The Morgan fingerprint density at radius 3 is 2.52 bits per heavy atom. The molecule has 2 unspecified atom stereocenters. The van der Waals surface area contributed by atoms with Gasteiger partial charge < -0.3 is 10.1 Å². The van der Waals surface area contributed by atoms with Crippen LogP contribution in [0.1, 0.15) is 35.6 Å². The first-order chi connectivity index (χ1) is 10.3. The van der Waals surface area contributed by atoms with Crippen molar-refractivity contribution in [3.63, 3.8) is 0 Å². The third kappa shape index (κ3) is 3.52. The van der Waals surface area contributed by atoms with Crippen molar-refractivity contribution in [2.24, 2.45) is 0 Å². The van der Waals surface area contributed by atoms with E-state index in [9.17, 15) is 0 Å². The summed E-state index contributed by atoms with van der Waals surface area (Å²) in [5.41, 5.74) is 3.79. The number of nitrogens with one attached hydrogen (secondary N) is 1. The number of aryl methyl sites for hydroxylation is 1. The second kappa shape index (κ2) is 6.88. The van der Waals surface area contributed by atoms with Gasteiger partial charge in [0.1, 0.15) is 6.10 Å². The van der Waals surface area contributed by atoms with Gasteiger partial charge in [0.2, 0.25) is 0 Å². The monoisotopic (exact) mass is 281 g/mol. The molecule has 0 bridgehead atoms. The van der Waals surface area contributed by atoms with E-state index in [0.717, 1.165) is 19.5 Å². The fraction of sp³-hybridized carbons (Fsp3) is 0.368. The fourth-order valence-corrected chi connectivity index (χ4v) is 2.97. The molecule has 1 heterocycles. The Labute approximate surface area is 127 Å². The SMILES string of the molecule is Cc1ccccc1C(OC1CCCNC1)c1ccccc1. The normalized spacial score (nSPS) is 20.1. The smallest absolute Gasteiger partial charge is 0.108 e. The van der Waals surface area contributed by atoms with Gasteiger partial charge in [0, 0.05) is 6.54 Å². The second-order valence-corrected chi connectivity index (χ2v) is 5.75. The highest BCUT2D eigenvalue weighted by atomic mass is 16.5. The number of piperidine rings is 1. The van der Waals surface area contributed by atoms with Crippen LogP contribution in [0.2, 0.25) is 0 Å². The Morgan fingerprint density at radius 1 is 1.05 bits per heavy atom. The van der Waals surface area contributed by atoms with Gasteiger partial charge in [0.05, 0.1) is 6.10 Å². The molecular formula is C19H23NO. The maximum atomic E-state index is 6.48. The van der Waals surface area contributed by atoms with Crippen LogP contribution in [0.5, 0.6) is 0 Å². The number of hydrogen-bond donors (Lipinski definition) is 1. The minimum absolute atomic E-state index is 0.0253. The van der Waals surface area contributed by atoms with Gasteiger partial charge in [-0.05, 0) is 43.0 Å². The average Bonchev–Trinajstić information content (AvgIpc) is 2.55. The number of ether oxygens (including phenoxy) is 1. The number of rotatable bonds is 4. The van der Waals surface area contributed by atoms with Crippen LogP contribution >= 0.6 is 0 Å². The molecular weight excluding hydrogens is 258 g/mol. The van der Waals surface area contributed by atoms with E-state index in [1.165, 1.54) is 23.1 Å². The summed E-state index contributed by atoms with van der Waals surface area (Å²) in [5, 5.41) is 3.43. The quantitative estimate of drug-likeness (QED) is 0.919. The molecule has 1 saturated heterocycles. The molecule has 1 N–H and O–H groups in total. The van der Waals surface area contributed by atoms with Crippen LogP contribution in [-0.2, 0) is 4.74 Å². The number of hydrogen-bond acceptors (Lipinski definition) is 2. The van der Waals surface area contributed by atoms with Gasteiger partial charge in [0.25, 0.3) is 0 Å². The summed E-state index contributed by atoms with van der Waals surface area (Å²) in [4.78, 5) is 0. The predicted molar refractivity (Wildman–Crippen MR) is 86.4 cm³/mol. The molecule has 2 atom stereocenters. The molecule has 0 spiro atoms. The summed E-state index contributed by atoms with van der Waals surface area (Å²) in [6.45, 7) is 4.23. The summed E-state index contributed by atoms with van der Waals surface area (Å²) >= 11 is 0. The first-order valence-corrected chi connectivity index (χ1v) is 7.81. The molecule has 0 amide bonds. The third-order valence-electron chi connectivity index (χ3n) is 4.15. The van der Waals surface area contributed by atoms with E-state index in [-0.39, 0.29) is 6.10 Å². The Bertz CT molecular complexity index is 561. The van der Waals surface area contributed by atoms with Crippen LogP contribution in [0.3, 0.4) is 0 Å². The lowest BCUT2D eigenvalue weighted by Gasteiger charge is -2.29. The highest BCUT2D eigenvalue weighted by Crippen LogP contribution is 2.30. The van der Waals surface area contributed by atoms with Crippen molar-refractivity contribution in [3.8, 4) is 0 Å². The molecule has 0 radical (unpaired) electrons. The third-order valence-corrected chi connectivity index (χ3v) is 4.15. The van der Waals surface area contributed by atoms with E-state index in [1.54, 1.807) is 0 Å². The van der Waals surface area contributed by atoms with Crippen LogP contribution in [-0.4, -0.2) is 19.2 Å². The maximum Gasteiger partial charge on any atom is 0.108 e. The van der Waals surface area contributed by atoms with Crippen molar-refractivity contribution >= 4 is 0 Å². The Morgan fingerprint density at radius 2 is 1.81 bits per heavy atom. The minimum atomic E-state index is 0.0253. The minimum Gasteiger partial charge on any atom is -0.364 e. The van der Waals surface area contributed by atoms with Crippen molar-refractivity contribution in [3.05, 3.63) is 71.3 Å². The predicted octanol–water partition coefficient (Wildman–Crippen LogP) is 3.85. The van der Waals surface area contributed by atoms with Crippen molar-refractivity contribution in [1.29, 1.82) is 0 Å². The van der Waals surface area contributed by atoms with E-state index in [1.807, 2.05) is 0 Å². The van der Waals surface area contributed by atoms with E-state index in [0.29, 0.717) is 6.10 Å². The summed E-state index contributed by atoms with van der Waals surface area (Å²) in [5.74, 6) is 0. The van der Waals surface area contributed by atoms with Crippen molar-refractivity contribution in [2.75, 3.05) is 13.1 Å². The lowest BCUT2D eigenvalue weighted by Crippen LogP contribution is -2.36. The molecule has 2 nitrogen and oxygen atoms in total. The van der Waals surface area contributed by atoms with Gasteiger partial charge in [-0.1, -0.05) is 54.6 Å². The zero-order valence-electron chi connectivity index (χ0n) is 12.6. The highest BCUT2D eigenvalue weighted by molar-refractivity contribution is 5.35. The van der Waals surface area contributed by atoms with Crippen LogP contribution in [0.4, 0.5) is 0 Å². The van der Waals surface area contributed by atoms with Gasteiger partial charge in [-0.25, -0.2) is 0 Å². The summed E-state index contributed by atoms with van der Waals surface area (Å²) in [6, 6.07) is 19.1. The van der Waals surface area contributed by atoms with Crippen molar-refractivity contribution < 1.29 is 4.74 Å². The second-order valence-electron chi connectivity index (χ2n) is 5.75. The molecule has 1 aliphatic heterocycles. The average molecular weight is 281 g/mol. The Balaban J connectivity index is 1.89. The Kier molecular flexibility index (Phi) is 4.69. The van der Waals surface area contributed by atoms with E-state index in [2.05, 4.69) is 66.8 Å². The largest absolute Gasteiger partial charge is 0.364 e. The molecule has 0 saturated carbocycles. The van der Waals surface area contributed by atoms with Gasteiger partial charge in [-0.2, -0.15) is 0 Å². The molecule has 2 aromatic carbocycles. The first-order valence-electron chi connectivity index (χ1n) is 7.81. The lowest BCUT2D eigenvalue weighted by molar-refractivity contribution is -0.00453. The van der Waals surface area contributed by atoms with Gasteiger partial charge in [-0.3, -0.25) is 0 Å². The molecule has 0 aliphatic carbocycles. The summed E-state index contributed by atoms with van der Waals surface area (Å²) in [7, 11) is 0. The summed E-state index contributed by atoms with van der Waals surface area (Å²) < 4.78 is 6.48. The van der Waals surface area contributed by atoms with E-state index < -0.39 is 0 Å². The van der Waals surface area contributed by atoms with E-state index in [4.69, 9.17) is 4.74 Å². The molecule has 2 heteroatoms. The molecule has 0 aromatic heterocycles. The standard InChI is InChI=1S/C19H23NO/c1-15-8-5-6-12-18(15)19(16-9-3-2-4-10-16)21-17-11-7-13-20-14-17/h2-6,8-10,12,17,19-20H,7,11,13-14H2,1H3. The van der Waals surface area contributed by atoms with Gasteiger partial charge in [0.15, 0.2) is 0 Å². The first kappa shape index (κ1) is 14.3. The summed E-state index contributed by atoms with van der Waals surface area (Å²) in [6.07, 6.45) is 2.66. The Hall–Kier alpha value is -1.64. The topological polar surface area (TPSA) is 21.3 Å². The van der Waals surface area contributed by atoms with Crippen LogP contribution in [0.25, 0.3) is 0 Å². The molecule has 2 aromatic rings.